The normalized spacial score (nSPS) is 17.2. The number of Topliss-reactive ketones (excluding diaryl/α,β-unsaturated/α-hetero) is 1. The van der Waals surface area contributed by atoms with Crippen molar-refractivity contribution in [3.63, 3.8) is 0 Å². The maximum absolute atomic E-state index is 11.4. The Morgan fingerprint density at radius 2 is 2.17 bits per heavy atom. The van der Waals surface area contributed by atoms with Gasteiger partial charge in [-0.25, -0.2) is 4.79 Å². The average molecular weight is 248 g/mol. The number of esters is 1. The van der Waals surface area contributed by atoms with Crippen molar-refractivity contribution in [1.82, 2.24) is 0 Å². The lowest BCUT2D eigenvalue weighted by atomic mass is 9.94. The predicted molar refractivity (Wildman–Crippen MR) is 71.0 cm³/mol. The van der Waals surface area contributed by atoms with E-state index in [1.54, 1.807) is 13.0 Å². The van der Waals surface area contributed by atoms with Gasteiger partial charge < -0.3 is 9.53 Å². The van der Waals surface area contributed by atoms with Crippen molar-refractivity contribution in [1.29, 1.82) is 0 Å². The lowest BCUT2D eigenvalue weighted by molar-refractivity contribution is -0.135. The van der Waals surface area contributed by atoms with Gasteiger partial charge in [0.05, 0.1) is 5.57 Å². The van der Waals surface area contributed by atoms with Crippen LogP contribution in [-0.2, 0) is 14.3 Å². The molecule has 1 aliphatic rings. The maximum atomic E-state index is 11.4. The summed E-state index contributed by atoms with van der Waals surface area (Å²) in [5.74, 6) is 0.0312. The molecule has 0 saturated carbocycles. The Hall–Kier alpha value is -1.64. The monoisotopic (exact) mass is 248 g/mol. The number of hydrogen-bond donors (Lipinski definition) is 0. The van der Waals surface area contributed by atoms with Gasteiger partial charge >= 0.3 is 5.97 Å². The van der Waals surface area contributed by atoms with Gasteiger partial charge in [-0.1, -0.05) is 24.3 Å². The van der Waals surface area contributed by atoms with E-state index in [9.17, 15) is 9.59 Å². The smallest absolute Gasteiger partial charge is 0.338 e. The van der Waals surface area contributed by atoms with Gasteiger partial charge in [-0.05, 0) is 38.7 Å². The van der Waals surface area contributed by atoms with Gasteiger partial charge in [-0.15, -0.1) is 0 Å². The van der Waals surface area contributed by atoms with Crippen LogP contribution in [0.3, 0.4) is 0 Å². The summed E-state index contributed by atoms with van der Waals surface area (Å²) in [6, 6.07) is 0. The van der Waals surface area contributed by atoms with Crippen LogP contribution in [0.15, 0.2) is 35.5 Å². The van der Waals surface area contributed by atoms with Gasteiger partial charge in [0.2, 0.25) is 0 Å². The van der Waals surface area contributed by atoms with Crippen LogP contribution < -0.4 is 0 Å². The fourth-order valence-electron chi connectivity index (χ4n) is 1.79. The molecule has 0 fully saturated rings. The van der Waals surface area contributed by atoms with Crippen LogP contribution in [-0.4, -0.2) is 18.4 Å². The van der Waals surface area contributed by atoms with Crippen molar-refractivity contribution >= 4 is 11.8 Å². The number of rotatable bonds is 6. The van der Waals surface area contributed by atoms with Crippen LogP contribution in [0.1, 0.15) is 33.6 Å². The third-order valence-electron chi connectivity index (χ3n) is 3.04. The lowest BCUT2D eigenvalue weighted by Crippen LogP contribution is -2.02. The molecular weight excluding hydrogens is 228 g/mol. The van der Waals surface area contributed by atoms with E-state index in [1.807, 2.05) is 19.9 Å². The Bertz CT molecular complexity index is 427. The van der Waals surface area contributed by atoms with Crippen molar-refractivity contribution in [2.75, 3.05) is 6.61 Å². The number of hydrogen-bond acceptors (Lipinski definition) is 3. The number of ether oxygens (including phenoxy) is 1. The fraction of sp³-hybridized carbons (Fsp3) is 0.467. The Morgan fingerprint density at radius 1 is 1.50 bits per heavy atom. The van der Waals surface area contributed by atoms with E-state index < -0.39 is 0 Å². The summed E-state index contributed by atoms with van der Waals surface area (Å²) >= 11 is 0. The molecule has 0 N–H and O–H groups in total. The predicted octanol–water partition coefficient (Wildman–Crippen LogP) is 2.98. The van der Waals surface area contributed by atoms with Crippen molar-refractivity contribution < 1.29 is 14.3 Å². The average Bonchev–Trinajstić information content (AvgIpc) is 2.59. The minimum Gasteiger partial charge on any atom is -0.458 e. The molecule has 0 aliphatic carbocycles. The molecule has 0 aromatic heterocycles. The standard InChI is InChI=1S/C15H20O3/c1-10(2)13(6-5-12(4)16)7-8-14-11(3)9-18-15(14)17/h7-8,13H,1,5-6,9H2,2-4H3. The summed E-state index contributed by atoms with van der Waals surface area (Å²) in [5, 5.41) is 0. The highest BCUT2D eigenvalue weighted by atomic mass is 16.5. The highest BCUT2D eigenvalue weighted by molar-refractivity contribution is 5.94. The number of allylic oxidation sites excluding steroid dienone is 2. The molecule has 0 aromatic rings. The second kappa shape index (κ2) is 6.34. The molecule has 0 amide bonds. The van der Waals surface area contributed by atoms with Crippen molar-refractivity contribution in [3.8, 4) is 0 Å². The van der Waals surface area contributed by atoms with Crippen molar-refractivity contribution in [2.24, 2.45) is 5.92 Å². The van der Waals surface area contributed by atoms with Crippen LogP contribution in [0.25, 0.3) is 0 Å². The maximum Gasteiger partial charge on any atom is 0.338 e. The first-order valence-corrected chi connectivity index (χ1v) is 6.11. The molecule has 0 bridgehead atoms. The zero-order valence-electron chi connectivity index (χ0n) is 11.3. The molecule has 3 heteroatoms. The van der Waals surface area contributed by atoms with E-state index >= 15 is 0 Å². The third-order valence-corrected chi connectivity index (χ3v) is 3.04. The first kappa shape index (κ1) is 14.4. The summed E-state index contributed by atoms with van der Waals surface area (Å²) in [6.45, 7) is 9.70. The second-order valence-corrected chi connectivity index (χ2v) is 4.82. The minimum absolute atomic E-state index is 0.127. The van der Waals surface area contributed by atoms with E-state index in [4.69, 9.17) is 4.74 Å². The van der Waals surface area contributed by atoms with Crippen LogP contribution in [0.5, 0.6) is 0 Å². The quantitative estimate of drug-likeness (QED) is 0.536. The Balaban J connectivity index is 2.72. The molecule has 1 unspecified atom stereocenters. The summed E-state index contributed by atoms with van der Waals surface area (Å²) in [6.07, 6.45) is 5.01. The van der Waals surface area contributed by atoms with Gasteiger partial charge in [0, 0.05) is 6.42 Å². The van der Waals surface area contributed by atoms with Gasteiger partial charge in [0.15, 0.2) is 0 Å². The summed E-state index contributed by atoms with van der Waals surface area (Å²) in [4.78, 5) is 22.4. The first-order chi connectivity index (χ1) is 8.41. The molecule has 0 radical (unpaired) electrons. The van der Waals surface area contributed by atoms with Crippen molar-refractivity contribution in [3.05, 3.63) is 35.5 Å². The van der Waals surface area contributed by atoms with E-state index in [0.717, 1.165) is 17.6 Å². The van der Waals surface area contributed by atoms with Gasteiger partial charge in [0.1, 0.15) is 12.4 Å². The summed E-state index contributed by atoms with van der Waals surface area (Å²) in [5.41, 5.74) is 2.57. The van der Waals surface area contributed by atoms with Crippen LogP contribution in [0, 0.1) is 5.92 Å². The molecule has 1 heterocycles. The van der Waals surface area contributed by atoms with E-state index in [1.165, 1.54) is 0 Å². The Labute approximate surface area is 108 Å². The summed E-state index contributed by atoms with van der Waals surface area (Å²) in [7, 11) is 0. The van der Waals surface area contributed by atoms with E-state index in [-0.39, 0.29) is 17.7 Å². The number of cyclic esters (lactones) is 1. The molecule has 3 nitrogen and oxygen atoms in total. The molecule has 1 aliphatic heterocycles. The Kier molecular flexibility index (Phi) is 5.08. The number of carbonyl (C=O) groups is 2. The molecule has 0 spiro atoms. The van der Waals surface area contributed by atoms with Gasteiger partial charge in [0.25, 0.3) is 0 Å². The summed E-state index contributed by atoms with van der Waals surface area (Å²) < 4.78 is 4.93. The minimum atomic E-state index is -0.268. The molecule has 1 atom stereocenters. The molecule has 98 valence electrons. The highest BCUT2D eigenvalue weighted by Crippen LogP contribution is 2.21. The van der Waals surface area contributed by atoms with E-state index in [0.29, 0.717) is 18.6 Å². The molecular formula is C15H20O3. The third kappa shape index (κ3) is 3.99. The highest BCUT2D eigenvalue weighted by Gasteiger charge is 2.19. The number of ketones is 1. The zero-order valence-corrected chi connectivity index (χ0v) is 11.3. The van der Waals surface area contributed by atoms with E-state index in [2.05, 4.69) is 6.58 Å². The SMILES string of the molecule is C=C(C)C(C=CC1=C(C)COC1=O)CCC(C)=O. The van der Waals surface area contributed by atoms with Crippen LogP contribution in [0.4, 0.5) is 0 Å². The van der Waals surface area contributed by atoms with Crippen molar-refractivity contribution in [2.45, 2.75) is 33.6 Å². The van der Waals surface area contributed by atoms with Crippen LogP contribution in [0.2, 0.25) is 0 Å². The largest absolute Gasteiger partial charge is 0.458 e. The lowest BCUT2D eigenvalue weighted by Gasteiger charge is -2.11. The van der Waals surface area contributed by atoms with Gasteiger partial charge in [-0.2, -0.15) is 0 Å². The van der Waals surface area contributed by atoms with Crippen LogP contribution >= 0.6 is 0 Å². The molecule has 0 saturated heterocycles. The fourth-order valence-corrected chi connectivity index (χ4v) is 1.79. The number of carbonyl (C=O) groups excluding carboxylic acids is 2. The first-order valence-electron chi connectivity index (χ1n) is 6.11. The van der Waals surface area contributed by atoms with Gasteiger partial charge in [-0.3, -0.25) is 0 Å². The molecule has 1 rings (SSSR count). The Morgan fingerprint density at radius 3 is 2.61 bits per heavy atom. The topological polar surface area (TPSA) is 43.4 Å². The molecule has 18 heavy (non-hydrogen) atoms. The zero-order chi connectivity index (χ0) is 13.7. The molecule has 0 aromatic carbocycles. The second-order valence-electron chi connectivity index (χ2n) is 4.82.